The number of rotatable bonds is 5. The average Bonchev–Trinajstić information content (AvgIpc) is 3.00. The molecule has 0 N–H and O–H groups in total. The van der Waals surface area contributed by atoms with Crippen molar-refractivity contribution in [2.24, 2.45) is 0 Å². The molecule has 0 saturated carbocycles. The monoisotopic (exact) mass is 388 g/mol. The summed E-state index contributed by atoms with van der Waals surface area (Å²) in [4.78, 5) is 25.3. The Bertz CT molecular complexity index is 970. The summed E-state index contributed by atoms with van der Waals surface area (Å²) < 4.78 is 23.9. The molecule has 1 atom stereocenters. The highest BCUT2D eigenvalue weighted by atomic mass is 32.2. The van der Waals surface area contributed by atoms with Gasteiger partial charge in [-0.15, -0.1) is 0 Å². The minimum atomic E-state index is -3.21. The molecule has 0 aromatic heterocycles. The van der Waals surface area contributed by atoms with Crippen LogP contribution in [0, 0.1) is 17.0 Å². The standard InChI is InChI=1S/C19H20N2O5S/c1-14-6-8-15(9-7-14)12-20(16-10-11-27(25,26)13-16)19(22)17-4-2-3-5-18(17)21(23)24/h2-9,16H,10-13H2,1H3/t16-/m1/s1. The molecule has 7 nitrogen and oxygen atoms in total. The Labute approximate surface area is 157 Å². The molecule has 27 heavy (non-hydrogen) atoms. The molecule has 1 aliphatic rings. The van der Waals surface area contributed by atoms with E-state index in [1.54, 1.807) is 6.07 Å². The molecule has 0 radical (unpaired) electrons. The first-order valence-electron chi connectivity index (χ1n) is 8.57. The SMILES string of the molecule is Cc1ccc(CN(C(=O)c2ccccc2[N+](=O)[O-])[C@@H]2CCS(=O)(=O)C2)cc1. The van der Waals surface area contributed by atoms with Crippen molar-refractivity contribution < 1.29 is 18.1 Å². The summed E-state index contributed by atoms with van der Waals surface area (Å²) in [5.74, 6) is -0.623. The summed E-state index contributed by atoms with van der Waals surface area (Å²) in [5, 5.41) is 11.3. The fraction of sp³-hybridized carbons (Fsp3) is 0.316. The van der Waals surface area contributed by atoms with Gasteiger partial charge in [0.25, 0.3) is 11.6 Å². The summed E-state index contributed by atoms with van der Waals surface area (Å²) >= 11 is 0. The lowest BCUT2D eigenvalue weighted by Crippen LogP contribution is -2.40. The normalized spacial score (nSPS) is 18.2. The molecule has 2 aromatic rings. The third-order valence-electron chi connectivity index (χ3n) is 4.71. The van der Waals surface area contributed by atoms with Gasteiger partial charge in [-0.1, -0.05) is 42.0 Å². The number of hydrogen-bond donors (Lipinski definition) is 0. The van der Waals surface area contributed by atoms with Crippen LogP contribution in [-0.4, -0.2) is 41.7 Å². The zero-order valence-electron chi connectivity index (χ0n) is 14.9. The van der Waals surface area contributed by atoms with E-state index in [4.69, 9.17) is 0 Å². The first kappa shape index (κ1) is 19.0. The maximum Gasteiger partial charge on any atom is 0.282 e. The predicted molar refractivity (Wildman–Crippen MR) is 101 cm³/mol. The number of amides is 1. The highest BCUT2D eigenvalue weighted by molar-refractivity contribution is 7.91. The summed E-state index contributed by atoms with van der Waals surface area (Å²) in [6, 6.07) is 12.8. The summed E-state index contributed by atoms with van der Waals surface area (Å²) in [6.45, 7) is 2.15. The average molecular weight is 388 g/mol. The second-order valence-corrected chi connectivity index (χ2v) is 8.98. The number of aryl methyl sites for hydroxylation is 1. The first-order chi connectivity index (χ1) is 12.8. The topological polar surface area (TPSA) is 97.6 Å². The Hall–Kier alpha value is -2.74. The van der Waals surface area contributed by atoms with Crippen molar-refractivity contribution in [2.45, 2.75) is 25.9 Å². The fourth-order valence-corrected chi connectivity index (χ4v) is 4.98. The van der Waals surface area contributed by atoms with E-state index in [0.717, 1.165) is 11.1 Å². The van der Waals surface area contributed by atoms with E-state index >= 15 is 0 Å². The van der Waals surface area contributed by atoms with Crippen molar-refractivity contribution in [1.29, 1.82) is 0 Å². The van der Waals surface area contributed by atoms with Crippen LogP contribution in [0.1, 0.15) is 27.9 Å². The van der Waals surface area contributed by atoms with E-state index in [-0.39, 0.29) is 29.3 Å². The van der Waals surface area contributed by atoms with Gasteiger partial charge in [0.05, 0.1) is 16.4 Å². The quantitative estimate of drug-likeness (QED) is 0.579. The molecule has 0 bridgehead atoms. The highest BCUT2D eigenvalue weighted by Gasteiger charge is 2.36. The minimum Gasteiger partial charge on any atom is -0.330 e. The van der Waals surface area contributed by atoms with E-state index in [2.05, 4.69) is 0 Å². The Balaban J connectivity index is 1.97. The maximum absolute atomic E-state index is 13.2. The van der Waals surface area contributed by atoms with Crippen LogP contribution < -0.4 is 0 Å². The second kappa shape index (κ2) is 7.48. The molecular weight excluding hydrogens is 368 g/mol. The predicted octanol–water partition coefficient (Wildman–Crippen LogP) is 2.73. The number of para-hydroxylation sites is 1. The number of benzene rings is 2. The Morgan fingerprint density at radius 1 is 1.19 bits per heavy atom. The number of nitro groups is 1. The van der Waals surface area contributed by atoms with Crippen LogP contribution in [0.3, 0.4) is 0 Å². The fourth-order valence-electron chi connectivity index (χ4n) is 3.25. The lowest BCUT2D eigenvalue weighted by molar-refractivity contribution is -0.385. The van der Waals surface area contributed by atoms with E-state index in [1.807, 2.05) is 31.2 Å². The second-order valence-electron chi connectivity index (χ2n) is 6.75. The van der Waals surface area contributed by atoms with Crippen LogP contribution in [0.2, 0.25) is 0 Å². The molecule has 142 valence electrons. The van der Waals surface area contributed by atoms with Gasteiger partial charge in [-0.05, 0) is 25.0 Å². The highest BCUT2D eigenvalue weighted by Crippen LogP contribution is 2.26. The van der Waals surface area contributed by atoms with Gasteiger partial charge in [-0.25, -0.2) is 8.42 Å². The first-order valence-corrected chi connectivity index (χ1v) is 10.4. The van der Waals surface area contributed by atoms with Crippen molar-refractivity contribution in [3.63, 3.8) is 0 Å². The van der Waals surface area contributed by atoms with E-state index in [1.165, 1.54) is 23.1 Å². The van der Waals surface area contributed by atoms with Crippen molar-refractivity contribution >= 4 is 21.4 Å². The molecule has 1 amide bonds. The van der Waals surface area contributed by atoms with Crippen LogP contribution in [0.5, 0.6) is 0 Å². The lowest BCUT2D eigenvalue weighted by Gasteiger charge is -2.28. The van der Waals surface area contributed by atoms with Gasteiger partial charge in [0.15, 0.2) is 9.84 Å². The lowest BCUT2D eigenvalue weighted by atomic mass is 10.1. The van der Waals surface area contributed by atoms with Gasteiger partial charge in [0.1, 0.15) is 5.56 Å². The van der Waals surface area contributed by atoms with Crippen molar-refractivity contribution in [3.05, 3.63) is 75.3 Å². The molecule has 1 aliphatic heterocycles. The molecule has 1 saturated heterocycles. The Morgan fingerprint density at radius 3 is 2.44 bits per heavy atom. The van der Waals surface area contributed by atoms with Crippen molar-refractivity contribution in [2.75, 3.05) is 11.5 Å². The molecule has 0 unspecified atom stereocenters. The molecular formula is C19H20N2O5S. The molecule has 3 rings (SSSR count). The minimum absolute atomic E-state index is 0.0201. The molecule has 8 heteroatoms. The third kappa shape index (κ3) is 4.33. The molecule has 1 fully saturated rings. The zero-order valence-corrected chi connectivity index (χ0v) is 15.7. The number of nitro benzene ring substituents is 1. The van der Waals surface area contributed by atoms with E-state index in [9.17, 15) is 23.3 Å². The largest absolute Gasteiger partial charge is 0.330 e. The number of carbonyl (C=O) groups excluding carboxylic acids is 1. The summed E-state index contributed by atoms with van der Waals surface area (Å²) in [6.07, 6.45) is 0.334. The van der Waals surface area contributed by atoms with Crippen LogP contribution in [-0.2, 0) is 16.4 Å². The van der Waals surface area contributed by atoms with Gasteiger partial charge in [-0.2, -0.15) is 0 Å². The van der Waals surface area contributed by atoms with Gasteiger partial charge in [0, 0.05) is 18.7 Å². The number of carbonyl (C=O) groups is 1. The molecule has 2 aromatic carbocycles. The number of sulfone groups is 1. The zero-order chi connectivity index (χ0) is 19.6. The number of hydrogen-bond acceptors (Lipinski definition) is 5. The Morgan fingerprint density at radius 2 is 1.85 bits per heavy atom. The van der Waals surface area contributed by atoms with Gasteiger partial charge >= 0.3 is 0 Å². The number of nitrogens with zero attached hydrogens (tertiary/aromatic N) is 2. The van der Waals surface area contributed by atoms with E-state index < -0.39 is 26.7 Å². The van der Waals surface area contributed by atoms with Gasteiger partial charge < -0.3 is 4.90 Å². The van der Waals surface area contributed by atoms with Crippen molar-refractivity contribution in [1.82, 2.24) is 4.90 Å². The van der Waals surface area contributed by atoms with Crippen LogP contribution in [0.25, 0.3) is 0 Å². The van der Waals surface area contributed by atoms with E-state index in [0.29, 0.717) is 6.42 Å². The van der Waals surface area contributed by atoms with Crippen molar-refractivity contribution in [3.8, 4) is 0 Å². The van der Waals surface area contributed by atoms with Crippen LogP contribution in [0.4, 0.5) is 5.69 Å². The van der Waals surface area contributed by atoms with Crippen LogP contribution in [0.15, 0.2) is 48.5 Å². The molecule has 0 aliphatic carbocycles. The maximum atomic E-state index is 13.2. The summed E-state index contributed by atoms with van der Waals surface area (Å²) in [7, 11) is -3.21. The van der Waals surface area contributed by atoms with Gasteiger partial charge in [0.2, 0.25) is 0 Å². The smallest absolute Gasteiger partial charge is 0.282 e. The van der Waals surface area contributed by atoms with Crippen LogP contribution >= 0.6 is 0 Å². The third-order valence-corrected chi connectivity index (χ3v) is 6.47. The summed E-state index contributed by atoms with van der Waals surface area (Å²) in [5.41, 5.74) is 1.60. The molecule has 0 spiro atoms. The Kier molecular flexibility index (Phi) is 5.27. The molecule has 1 heterocycles. The van der Waals surface area contributed by atoms with Gasteiger partial charge in [-0.3, -0.25) is 14.9 Å².